The zero-order valence-corrected chi connectivity index (χ0v) is 17.6. The smallest absolute Gasteiger partial charge is 0.243 e. The van der Waals surface area contributed by atoms with Crippen LogP contribution in [0, 0.1) is 12.7 Å². The van der Waals surface area contributed by atoms with Crippen molar-refractivity contribution in [1.29, 1.82) is 0 Å². The summed E-state index contributed by atoms with van der Waals surface area (Å²) in [5.41, 5.74) is 0.319. The minimum atomic E-state index is -3.93. The van der Waals surface area contributed by atoms with E-state index in [9.17, 15) is 21.2 Å². The molecule has 2 heterocycles. The third-order valence-corrected chi connectivity index (χ3v) is 9.16. The summed E-state index contributed by atoms with van der Waals surface area (Å²) in [5, 5.41) is 0. The highest BCUT2D eigenvalue weighted by molar-refractivity contribution is 7.92. The maximum absolute atomic E-state index is 13.4. The third kappa shape index (κ3) is 5.10. The van der Waals surface area contributed by atoms with Crippen molar-refractivity contribution in [3.05, 3.63) is 29.6 Å². The van der Waals surface area contributed by atoms with Crippen LogP contribution in [0.2, 0.25) is 0 Å². The topological polar surface area (TPSA) is 84.0 Å². The Hall–Kier alpha value is -1.07. The first-order chi connectivity index (χ1) is 13.2. The van der Waals surface area contributed by atoms with Crippen LogP contribution in [0.4, 0.5) is 4.39 Å². The number of benzene rings is 1. The summed E-state index contributed by atoms with van der Waals surface area (Å²) in [5.74, 6) is -0.668. The van der Waals surface area contributed by atoms with Crippen LogP contribution < -0.4 is 0 Å². The first-order valence-electron chi connectivity index (χ1n) is 9.47. The molecule has 1 aromatic rings. The predicted octanol–water partition coefficient (Wildman–Crippen LogP) is 1.03. The molecule has 0 amide bonds. The van der Waals surface area contributed by atoms with Gasteiger partial charge in [-0.05, 0) is 50.1 Å². The fourth-order valence-electron chi connectivity index (χ4n) is 3.81. The van der Waals surface area contributed by atoms with Gasteiger partial charge in [-0.1, -0.05) is 0 Å². The number of aryl methyl sites for hydroxylation is 1. The molecule has 0 radical (unpaired) electrons. The summed E-state index contributed by atoms with van der Waals surface area (Å²) < 4.78 is 70.6. The van der Waals surface area contributed by atoms with Gasteiger partial charge in [-0.15, -0.1) is 0 Å². The standard InChI is InChI=1S/C18H27FN2O5S2/c1-15-13-16(19)3-4-18(15)28(24,25)21(17-5-12-27(22,23)14-17)7-2-6-20-8-10-26-11-9-20/h3-4,13,17H,2,5-12,14H2,1H3. The largest absolute Gasteiger partial charge is 0.379 e. The Morgan fingerprint density at radius 3 is 2.61 bits per heavy atom. The van der Waals surface area contributed by atoms with Gasteiger partial charge in [-0.3, -0.25) is 4.90 Å². The molecule has 0 spiro atoms. The number of halogens is 1. The lowest BCUT2D eigenvalue weighted by atomic mass is 10.2. The summed E-state index contributed by atoms with van der Waals surface area (Å²) in [6.45, 7) is 5.44. The molecule has 28 heavy (non-hydrogen) atoms. The molecule has 10 heteroatoms. The SMILES string of the molecule is Cc1cc(F)ccc1S(=O)(=O)N(CCCN1CCOCC1)C1CCS(=O)(=O)C1. The lowest BCUT2D eigenvalue weighted by Gasteiger charge is -2.30. The Balaban J connectivity index is 1.80. The number of sulfone groups is 1. The number of rotatable bonds is 7. The average molecular weight is 435 g/mol. The number of hydrogen-bond donors (Lipinski definition) is 0. The normalized spacial score (nSPS) is 23.3. The molecule has 0 saturated carbocycles. The molecule has 0 aliphatic carbocycles. The molecule has 2 aliphatic rings. The Labute approximate surface area is 166 Å². The fourth-order valence-corrected chi connectivity index (χ4v) is 7.53. The maximum atomic E-state index is 13.4. The average Bonchev–Trinajstić information content (AvgIpc) is 2.98. The van der Waals surface area contributed by atoms with Gasteiger partial charge >= 0.3 is 0 Å². The number of sulfonamides is 1. The van der Waals surface area contributed by atoms with E-state index in [2.05, 4.69) is 4.90 Å². The molecule has 1 aromatic carbocycles. The number of morpholine rings is 1. The second-order valence-corrected chi connectivity index (χ2v) is 11.5. The van der Waals surface area contributed by atoms with Crippen molar-refractivity contribution in [1.82, 2.24) is 9.21 Å². The molecule has 2 aliphatic heterocycles. The summed E-state index contributed by atoms with van der Waals surface area (Å²) >= 11 is 0. The summed E-state index contributed by atoms with van der Waals surface area (Å²) in [6, 6.07) is 2.99. The highest BCUT2D eigenvalue weighted by Crippen LogP contribution is 2.27. The Morgan fingerprint density at radius 2 is 2.00 bits per heavy atom. The van der Waals surface area contributed by atoms with Crippen LogP contribution in [-0.4, -0.2) is 83.0 Å². The van der Waals surface area contributed by atoms with Gasteiger partial charge < -0.3 is 4.74 Å². The van der Waals surface area contributed by atoms with E-state index in [-0.39, 0.29) is 22.9 Å². The van der Waals surface area contributed by atoms with Crippen LogP contribution in [0.15, 0.2) is 23.1 Å². The molecule has 0 bridgehead atoms. The van der Waals surface area contributed by atoms with Crippen molar-refractivity contribution in [3.63, 3.8) is 0 Å². The van der Waals surface area contributed by atoms with E-state index in [1.54, 1.807) is 6.92 Å². The Kier molecular flexibility index (Phi) is 6.76. The van der Waals surface area contributed by atoms with Gasteiger partial charge in [0.25, 0.3) is 0 Å². The number of hydrogen-bond acceptors (Lipinski definition) is 6. The lowest BCUT2D eigenvalue weighted by Crippen LogP contribution is -2.43. The van der Waals surface area contributed by atoms with Crippen molar-refractivity contribution in [2.75, 3.05) is 50.9 Å². The van der Waals surface area contributed by atoms with Crippen LogP contribution >= 0.6 is 0 Å². The van der Waals surface area contributed by atoms with Crippen molar-refractivity contribution in [3.8, 4) is 0 Å². The van der Waals surface area contributed by atoms with Gasteiger partial charge in [0.2, 0.25) is 10.0 Å². The highest BCUT2D eigenvalue weighted by Gasteiger charge is 2.39. The highest BCUT2D eigenvalue weighted by atomic mass is 32.2. The third-order valence-electron chi connectivity index (χ3n) is 5.30. The molecule has 7 nitrogen and oxygen atoms in total. The molecule has 2 fully saturated rings. The Morgan fingerprint density at radius 1 is 1.29 bits per heavy atom. The van der Waals surface area contributed by atoms with Gasteiger partial charge in [0.15, 0.2) is 9.84 Å². The number of nitrogens with zero attached hydrogens (tertiary/aromatic N) is 2. The van der Waals surface area contributed by atoms with E-state index in [4.69, 9.17) is 4.74 Å². The van der Waals surface area contributed by atoms with Crippen molar-refractivity contribution >= 4 is 19.9 Å². The molecular formula is C18H27FN2O5S2. The van der Waals surface area contributed by atoms with Crippen molar-refractivity contribution in [2.24, 2.45) is 0 Å². The maximum Gasteiger partial charge on any atom is 0.243 e. The van der Waals surface area contributed by atoms with Gasteiger partial charge in [-0.25, -0.2) is 21.2 Å². The second kappa shape index (κ2) is 8.74. The van der Waals surface area contributed by atoms with E-state index in [0.717, 1.165) is 25.7 Å². The molecular weight excluding hydrogens is 407 g/mol. The minimum absolute atomic E-state index is 0.00441. The van der Waals surface area contributed by atoms with Crippen molar-refractivity contribution in [2.45, 2.75) is 30.7 Å². The Bertz CT molecular complexity index is 899. The van der Waals surface area contributed by atoms with Crippen LogP contribution in [0.3, 0.4) is 0 Å². The predicted molar refractivity (Wildman–Crippen MR) is 104 cm³/mol. The van der Waals surface area contributed by atoms with E-state index in [1.807, 2.05) is 0 Å². The van der Waals surface area contributed by atoms with Gasteiger partial charge in [0.1, 0.15) is 5.82 Å². The molecule has 158 valence electrons. The zero-order chi connectivity index (χ0) is 20.4. The van der Waals surface area contributed by atoms with Crippen LogP contribution in [0.25, 0.3) is 0 Å². The summed E-state index contributed by atoms with van der Waals surface area (Å²) in [6.07, 6.45) is 0.884. The van der Waals surface area contributed by atoms with Crippen LogP contribution in [0.1, 0.15) is 18.4 Å². The summed E-state index contributed by atoms with van der Waals surface area (Å²) in [7, 11) is -7.16. The molecule has 1 unspecified atom stereocenters. The van der Waals surface area contributed by atoms with E-state index >= 15 is 0 Å². The molecule has 0 aromatic heterocycles. The van der Waals surface area contributed by atoms with Gasteiger partial charge in [0, 0.05) is 25.7 Å². The van der Waals surface area contributed by atoms with Gasteiger partial charge in [-0.2, -0.15) is 4.31 Å². The first kappa shape index (κ1) is 21.6. The minimum Gasteiger partial charge on any atom is -0.379 e. The van der Waals surface area contributed by atoms with E-state index in [0.29, 0.717) is 31.6 Å². The van der Waals surface area contributed by atoms with Gasteiger partial charge in [0.05, 0.1) is 29.6 Å². The van der Waals surface area contributed by atoms with Crippen LogP contribution in [-0.2, 0) is 24.6 Å². The van der Waals surface area contributed by atoms with Crippen LogP contribution in [0.5, 0.6) is 0 Å². The lowest BCUT2D eigenvalue weighted by molar-refractivity contribution is 0.0367. The van der Waals surface area contributed by atoms with E-state index < -0.39 is 31.7 Å². The quantitative estimate of drug-likeness (QED) is 0.638. The summed E-state index contributed by atoms with van der Waals surface area (Å²) in [4.78, 5) is 2.24. The molecule has 0 N–H and O–H groups in total. The fraction of sp³-hybridized carbons (Fsp3) is 0.667. The second-order valence-electron chi connectivity index (χ2n) is 7.39. The number of ether oxygens (including phenoxy) is 1. The monoisotopic (exact) mass is 434 g/mol. The molecule has 2 saturated heterocycles. The molecule has 1 atom stereocenters. The van der Waals surface area contributed by atoms with E-state index in [1.165, 1.54) is 16.4 Å². The first-order valence-corrected chi connectivity index (χ1v) is 12.7. The van der Waals surface area contributed by atoms with Crippen molar-refractivity contribution < 1.29 is 26.0 Å². The zero-order valence-electron chi connectivity index (χ0n) is 16.0. The molecule has 3 rings (SSSR count).